The van der Waals surface area contributed by atoms with Gasteiger partial charge in [-0.05, 0) is 24.3 Å². The first kappa shape index (κ1) is 12.7. The highest BCUT2D eigenvalue weighted by Crippen LogP contribution is 2.25. The molecule has 0 radical (unpaired) electrons. The van der Waals surface area contributed by atoms with Crippen molar-refractivity contribution in [1.82, 2.24) is 4.98 Å². The van der Waals surface area contributed by atoms with Gasteiger partial charge in [-0.1, -0.05) is 30.3 Å². The molecule has 4 nitrogen and oxygen atoms in total. The van der Waals surface area contributed by atoms with E-state index in [0.717, 1.165) is 28.1 Å². The van der Waals surface area contributed by atoms with Gasteiger partial charge in [-0.15, -0.1) is 11.8 Å². The van der Waals surface area contributed by atoms with E-state index in [9.17, 15) is 0 Å². The molecule has 2 aromatic rings. The Labute approximate surface area is 110 Å². The molecule has 0 aliphatic carbocycles. The van der Waals surface area contributed by atoms with E-state index in [2.05, 4.69) is 17.1 Å². The number of hydrogen-bond donors (Lipinski definition) is 2. The summed E-state index contributed by atoms with van der Waals surface area (Å²) in [5.74, 6) is 1.06. The summed E-state index contributed by atoms with van der Waals surface area (Å²) in [6.07, 6.45) is 1.05. The van der Waals surface area contributed by atoms with Crippen LogP contribution in [0.2, 0.25) is 0 Å². The second kappa shape index (κ2) is 5.73. The first-order chi connectivity index (χ1) is 8.76. The van der Waals surface area contributed by atoms with Crippen LogP contribution >= 0.6 is 11.8 Å². The minimum Gasteiger partial charge on any atom is -0.409 e. The molecule has 5 heteroatoms. The molecule has 0 spiro atoms. The predicted octanol–water partition coefficient (Wildman–Crippen LogP) is 2.83. The smallest absolute Gasteiger partial charge is 0.172 e. The highest BCUT2D eigenvalue weighted by atomic mass is 32.2. The Morgan fingerprint density at radius 1 is 1.44 bits per heavy atom. The van der Waals surface area contributed by atoms with Crippen LogP contribution in [0, 0.1) is 0 Å². The van der Waals surface area contributed by atoms with Crippen molar-refractivity contribution in [3.8, 4) is 0 Å². The first-order valence-corrected chi connectivity index (χ1v) is 6.75. The highest BCUT2D eigenvalue weighted by Gasteiger charge is 2.11. The standard InChI is InChI=1S/C13H15N3OS/c1-2-7-18-13-10(12(14)16-17)8-9-5-3-4-6-11(9)15-13/h3-6,8,17H,2,7H2,1H3,(H2,14,16). The Morgan fingerprint density at radius 3 is 2.94 bits per heavy atom. The van der Waals surface area contributed by atoms with Gasteiger partial charge in [0.15, 0.2) is 5.84 Å². The van der Waals surface area contributed by atoms with Crippen molar-refractivity contribution in [2.45, 2.75) is 18.4 Å². The average molecular weight is 261 g/mol. The molecule has 0 saturated carbocycles. The molecule has 0 fully saturated rings. The summed E-state index contributed by atoms with van der Waals surface area (Å²) in [5, 5.41) is 13.7. The van der Waals surface area contributed by atoms with Gasteiger partial charge in [-0.25, -0.2) is 4.98 Å². The van der Waals surface area contributed by atoms with Crippen molar-refractivity contribution in [2.75, 3.05) is 5.75 Å². The Bertz CT molecular complexity index is 583. The maximum Gasteiger partial charge on any atom is 0.172 e. The monoisotopic (exact) mass is 261 g/mol. The molecule has 94 valence electrons. The molecule has 0 aliphatic rings. The number of hydrogen-bond acceptors (Lipinski definition) is 4. The lowest BCUT2D eigenvalue weighted by atomic mass is 10.1. The molecule has 1 aromatic heterocycles. The van der Waals surface area contributed by atoms with Crippen LogP contribution in [0.25, 0.3) is 10.9 Å². The number of nitrogens with two attached hydrogens (primary N) is 1. The zero-order valence-corrected chi connectivity index (χ0v) is 10.9. The summed E-state index contributed by atoms with van der Waals surface area (Å²) in [5.41, 5.74) is 7.32. The Hall–Kier alpha value is -1.75. The van der Waals surface area contributed by atoms with Gasteiger partial charge in [-0.2, -0.15) is 0 Å². The number of nitrogens with zero attached hydrogens (tertiary/aromatic N) is 2. The summed E-state index contributed by atoms with van der Waals surface area (Å²) in [4.78, 5) is 4.57. The number of aromatic nitrogens is 1. The van der Waals surface area contributed by atoms with E-state index in [-0.39, 0.29) is 5.84 Å². The van der Waals surface area contributed by atoms with Crippen molar-refractivity contribution in [2.24, 2.45) is 10.9 Å². The summed E-state index contributed by atoms with van der Waals surface area (Å²) in [7, 11) is 0. The SMILES string of the molecule is CCCSc1nc2ccccc2cc1C(N)=NO. The molecule has 18 heavy (non-hydrogen) atoms. The van der Waals surface area contributed by atoms with Gasteiger partial charge < -0.3 is 10.9 Å². The number of oxime groups is 1. The zero-order chi connectivity index (χ0) is 13.0. The van der Waals surface area contributed by atoms with Gasteiger partial charge >= 0.3 is 0 Å². The molecular weight excluding hydrogens is 246 g/mol. The molecule has 0 aliphatic heterocycles. The van der Waals surface area contributed by atoms with Crippen LogP contribution in [-0.4, -0.2) is 21.8 Å². The largest absolute Gasteiger partial charge is 0.409 e. The highest BCUT2D eigenvalue weighted by molar-refractivity contribution is 7.99. The third kappa shape index (κ3) is 2.56. The first-order valence-electron chi connectivity index (χ1n) is 5.76. The third-order valence-corrected chi connectivity index (χ3v) is 3.71. The second-order valence-corrected chi connectivity index (χ2v) is 4.95. The topological polar surface area (TPSA) is 71.5 Å². The summed E-state index contributed by atoms with van der Waals surface area (Å²) in [6.45, 7) is 2.11. The molecule has 1 heterocycles. The van der Waals surface area contributed by atoms with Crippen LogP contribution < -0.4 is 5.73 Å². The van der Waals surface area contributed by atoms with Gasteiger partial charge in [0, 0.05) is 5.39 Å². The van der Waals surface area contributed by atoms with E-state index in [0.29, 0.717) is 5.56 Å². The van der Waals surface area contributed by atoms with Crippen molar-refractivity contribution < 1.29 is 5.21 Å². The zero-order valence-electron chi connectivity index (χ0n) is 10.1. The number of rotatable bonds is 4. The number of benzene rings is 1. The van der Waals surface area contributed by atoms with E-state index in [1.54, 1.807) is 11.8 Å². The quantitative estimate of drug-likeness (QED) is 0.292. The fourth-order valence-corrected chi connectivity index (χ4v) is 2.52. The minimum atomic E-state index is 0.104. The maximum atomic E-state index is 8.84. The molecule has 0 atom stereocenters. The predicted molar refractivity (Wildman–Crippen MR) is 75.3 cm³/mol. The van der Waals surface area contributed by atoms with Gasteiger partial charge in [0.1, 0.15) is 5.03 Å². The summed E-state index contributed by atoms with van der Waals surface area (Å²) < 4.78 is 0. The van der Waals surface area contributed by atoms with E-state index in [4.69, 9.17) is 10.9 Å². The lowest BCUT2D eigenvalue weighted by Crippen LogP contribution is -2.15. The van der Waals surface area contributed by atoms with Crippen LogP contribution in [0.3, 0.4) is 0 Å². The van der Waals surface area contributed by atoms with Crippen molar-refractivity contribution in [3.05, 3.63) is 35.9 Å². The van der Waals surface area contributed by atoms with Crippen molar-refractivity contribution >= 4 is 28.5 Å². The minimum absolute atomic E-state index is 0.104. The van der Waals surface area contributed by atoms with Crippen molar-refractivity contribution in [1.29, 1.82) is 0 Å². The molecule has 2 rings (SSSR count). The average Bonchev–Trinajstić information content (AvgIpc) is 2.43. The van der Waals surface area contributed by atoms with Crippen LogP contribution in [0.1, 0.15) is 18.9 Å². The number of thioether (sulfide) groups is 1. The number of para-hydroxylation sites is 1. The Kier molecular flexibility index (Phi) is 4.04. The fraction of sp³-hybridized carbons (Fsp3) is 0.231. The molecule has 0 unspecified atom stereocenters. The molecule has 0 saturated heterocycles. The number of pyridine rings is 1. The number of fused-ring (bicyclic) bond motifs is 1. The maximum absolute atomic E-state index is 8.84. The van der Waals surface area contributed by atoms with Crippen LogP contribution in [-0.2, 0) is 0 Å². The molecular formula is C13H15N3OS. The lowest BCUT2D eigenvalue weighted by Gasteiger charge is -2.08. The third-order valence-electron chi connectivity index (χ3n) is 2.52. The normalized spacial score (nSPS) is 11.9. The molecule has 0 bridgehead atoms. The molecule has 0 amide bonds. The van der Waals surface area contributed by atoms with Gasteiger partial charge in [-0.3, -0.25) is 0 Å². The van der Waals surface area contributed by atoms with E-state index in [1.165, 1.54) is 0 Å². The molecule has 3 N–H and O–H groups in total. The van der Waals surface area contributed by atoms with E-state index >= 15 is 0 Å². The lowest BCUT2D eigenvalue weighted by molar-refractivity contribution is 0.318. The number of amidine groups is 1. The van der Waals surface area contributed by atoms with Crippen LogP contribution in [0.15, 0.2) is 40.5 Å². The van der Waals surface area contributed by atoms with Crippen LogP contribution in [0.5, 0.6) is 0 Å². The Morgan fingerprint density at radius 2 is 2.22 bits per heavy atom. The van der Waals surface area contributed by atoms with Gasteiger partial charge in [0.25, 0.3) is 0 Å². The van der Waals surface area contributed by atoms with Crippen molar-refractivity contribution in [3.63, 3.8) is 0 Å². The van der Waals surface area contributed by atoms with E-state index in [1.807, 2.05) is 30.3 Å². The van der Waals surface area contributed by atoms with Gasteiger partial charge in [0.05, 0.1) is 11.1 Å². The Balaban J connectivity index is 2.56. The summed E-state index contributed by atoms with van der Waals surface area (Å²) in [6, 6.07) is 9.73. The molecule has 1 aromatic carbocycles. The van der Waals surface area contributed by atoms with E-state index < -0.39 is 0 Å². The van der Waals surface area contributed by atoms with Crippen LogP contribution in [0.4, 0.5) is 0 Å². The van der Waals surface area contributed by atoms with Gasteiger partial charge in [0.2, 0.25) is 0 Å². The second-order valence-electron chi connectivity index (χ2n) is 3.87. The fourth-order valence-electron chi connectivity index (χ4n) is 1.64. The summed E-state index contributed by atoms with van der Waals surface area (Å²) >= 11 is 1.62.